The molecule has 0 bridgehead atoms. The van der Waals surface area contributed by atoms with Crippen LogP contribution in [0.2, 0.25) is 0 Å². The second kappa shape index (κ2) is 8.19. The highest BCUT2D eigenvalue weighted by molar-refractivity contribution is 6.07. The normalized spacial score (nSPS) is 42.6. The summed E-state index contributed by atoms with van der Waals surface area (Å²) < 4.78 is 10.3. The highest BCUT2D eigenvalue weighted by Crippen LogP contribution is 2.75. The minimum absolute atomic E-state index is 0.0108. The molecule has 0 aliphatic heterocycles. The summed E-state index contributed by atoms with van der Waals surface area (Å²) in [6.45, 7) is 13.6. The monoisotopic (exact) mass is 503 g/mol. The molecule has 0 heterocycles. The Kier molecular flexibility index (Phi) is 5.76. The van der Waals surface area contributed by atoms with E-state index in [1.165, 1.54) is 19.1 Å². The Morgan fingerprint density at radius 1 is 1.05 bits per heavy atom. The second-order valence-electron chi connectivity index (χ2n) is 13.6. The lowest BCUT2D eigenvalue weighted by Crippen LogP contribution is -2.61. The number of carbonyl (C=O) groups excluding carboxylic acids is 2. The van der Waals surface area contributed by atoms with Crippen molar-refractivity contribution in [2.24, 2.45) is 33.0 Å². The van der Waals surface area contributed by atoms with Gasteiger partial charge in [0.05, 0.1) is 18.6 Å². The van der Waals surface area contributed by atoms with Crippen molar-refractivity contribution in [1.82, 2.24) is 0 Å². The van der Waals surface area contributed by atoms with Crippen LogP contribution in [0.25, 0.3) is 0 Å². The van der Waals surface area contributed by atoms with Crippen LogP contribution in [0.15, 0.2) is 46.3 Å². The maximum absolute atomic E-state index is 13.2. The van der Waals surface area contributed by atoms with Crippen molar-refractivity contribution < 1.29 is 19.1 Å². The Morgan fingerprint density at radius 2 is 1.76 bits per heavy atom. The van der Waals surface area contributed by atoms with Crippen molar-refractivity contribution in [3.63, 3.8) is 0 Å². The van der Waals surface area contributed by atoms with Crippen LogP contribution in [0.4, 0.5) is 0 Å². The van der Waals surface area contributed by atoms with Gasteiger partial charge in [0.25, 0.3) is 0 Å². The van der Waals surface area contributed by atoms with Gasteiger partial charge in [-0.2, -0.15) is 5.26 Å². The number of rotatable bonds is 3. The topological polar surface area (TPSA) is 76.4 Å². The summed E-state index contributed by atoms with van der Waals surface area (Å²) >= 11 is 0. The molecular weight excluding hydrogens is 462 g/mol. The number of allylic oxidation sites excluding steroid dienone is 7. The molecule has 37 heavy (non-hydrogen) atoms. The molecule has 0 amide bonds. The summed E-state index contributed by atoms with van der Waals surface area (Å²) in [5.74, 6) is 0.0467. The lowest BCUT2D eigenvalue weighted by atomic mass is 9.34. The van der Waals surface area contributed by atoms with Crippen molar-refractivity contribution in [1.29, 1.82) is 5.26 Å². The summed E-state index contributed by atoms with van der Waals surface area (Å²) in [7, 11) is 1.31. The van der Waals surface area contributed by atoms with Gasteiger partial charge in [-0.25, -0.2) is 4.79 Å². The Hall–Kier alpha value is -2.61. The standard InChI is InChI=1S/C32H41NO4/c1-20-21-8-9-24-30(4,22(21)16-23(34)27(20)37-18-26(35)36-7)13-15-32(6)25-17-28(2,19-33)10-11-29(25,3)12-14-31(24,32)5/h8-9,16,25H,10-15,17-18H2,1-7H3/t25-,28-,29-,30+,31-,32+/m1/s1. The molecule has 5 aliphatic rings. The zero-order valence-electron chi connectivity index (χ0n) is 23.5. The van der Waals surface area contributed by atoms with Gasteiger partial charge in [0.15, 0.2) is 12.4 Å². The highest BCUT2D eigenvalue weighted by Gasteiger charge is 2.66. The first kappa shape index (κ1) is 26.0. The van der Waals surface area contributed by atoms with Crippen LogP contribution in [0.1, 0.15) is 86.5 Å². The molecule has 5 nitrogen and oxygen atoms in total. The number of carbonyl (C=O) groups is 2. The van der Waals surface area contributed by atoms with E-state index < -0.39 is 5.97 Å². The fourth-order valence-electron chi connectivity index (χ4n) is 8.92. The third kappa shape index (κ3) is 3.47. The van der Waals surface area contributed by atoms with E-state index in [2.05, 4.69) is 57.6 Å². The van der Waals surface area contributed by atoms with Gasteiger partial charge < -0.3 is 9.47 Å². The van der Waals surface area contributed by atoms with Crippen LogP contribution in [0.3, 0.4) is 0 Å². The Morgan fingerprint density at radius 3 is 2.43 bits per heavy atom. The molecule has 0 aromatic rings. The van der Waals surface area contributed by atoms with Crippen LogP contribution in [0.5, 0.6) is 0 Å². The van der Waals surface area contributed by atoms with E-state index >= 15 is 0 Å². The zero-order chi connectivity index (χ0) is 27.0. The number of fused-ring (bicyclic) bond motifs is 7. The molecule has 3 saturated carbocycles. The van der Waals surface area contributed by atoms with Crippen molar-refractivity contribution >= 4 is 11.8 Å². The quantitative estimate of drug-likeness (QED) is 0.397. The lowest BCUT2D eigenvalue weighted by Gasteiger charge is -2.69. The summed E-state index contributed by atoms with van der Waals surface area (Å²) in [6.07, 6.45) is 13.7. The van der Waals surface area contributed by atoms with E-state index in [0.717, 1.165) is 55.2 Å². The molecule has 0 N–H and O–H groups in total. The minimum atomic E-state index is -0.506. The molecule has 3 fully saturated rings. The first-order chi connectivity index (χ1) is 17.3. The number of esters is 1. The van der Waals surface area contributed by atoms with Gasteiger partial charge in [-0.05, 0) is 98.2 Å². The third-order valence-corrected chi connectivity index (χ3v) is 11.7. The first-order valence-corrected chi connectivity index (χ1v) is 13.8. The summed E-state index contributed by atoms with van der Waals surface area (Å²) in [5, 5.41) is 10.0. The SMILES string of the molecule is COC(=O)COC1=C(C)C2=CC=C3[C@@](C)(CC[C@@]4(C)[C@@H]5C[C@](C)(C#N)CC[C@]5(C)CC[C@]34C)C2=CC1=O. The predicted octanol–water partition coefficient (Wildman–Crippen LogP) is 6.77. The average molecular weight is 504 g/mol. The van der Waals surface area contributed by atoms with Crippen LogP contribution in [-0.4, -0.2) is 25.5 Å². The molecule has 5 rings (SSSR count). The van der Waals surface area contributed by atoms with Crippen LogP contribution >= 0.6 is 0 Å². The summed E-state index contributed by atoms with van der Waals surface area (Å²) in [6, 6.07) is 2.68. The summed E-state index contributed by atoms with van der Waals surface area (Å²) in [4.78, 5) is 24.9. The molecule has 0 radical (unpaired) electrons. The van der Waals surface area contributed by atoms with Crippen LogP contribution in [-0.2, 0) is 19.1 Å². The van der Waals surface area contributed by atoms with E-state index in [1.54, 1.807) is 6.08 Å². The van der Waals surface area contributed by atoms with Crippen molar-refractivity contribution in [2.45, 2.75) is 86.5 Å². The van der Waals surface area contributed by atoms with Gasteiger partial charge in [0.2, 0.25) is 5.78 Å². The number of hydrogen-bond acceptors (Lipinski definition) is 5. The van der Waals surface area contributed by atoms with E-state index in [9.17, 15) is 14.9 Å². The van der Waals surface area contributed by atoms with Gasteiger partial charge >= 0.3 is 5.97 Å². The van der Waals surface area contributed by atoms with Gasteiger partial charge in [0.1, 0.15) is 0 Å². The Balaban J connectivity index is 1.57. The van der Waals surface area contributed by atoms with Gasteiger partial charge in [-0.3, -0.25) is 4.79 Å². The van der Waals surface area contributed by atoms with E-state index in [0.29, 0.717) is 5.92 Å². The molecule has 0 aromatic carbocycles. The fraction of sp³-hybridized carbons (Fsp3) is 0.656. The number of nitriles is 1. The molecule has 198 valence electrons. The average Bonchev–Trinajstić information content (AvgIpc) is 2.87. The van der Waals surface area contributed by atoms with Crippen LogP contribution < -0.4 is 0 Å². The van der Waals surface area contributed by atoms with Crippen molar-refractivity contribution in [3.8, 4) is 6.07 Å². The first-order valence-electron chi connectivity index (χ1n) is 13.8. The molecule has 0 saturated heterocycles. The third-order valence-electron chi connectivity index (χ3n) is 11.7. The van der Waals surface area contributed by atoms with Gasteiger partial charge in [0, 0.05) is 11.0 Å². The van der Waals surface area contributed by atoms with Crippen LogP contribution in [0, 0.1) is 44.3 Å². The fourth-order valence-corrected chi connectivity index (χ4v) is 8.92. The number of ether oxygens (including phenoxy) is 2. The summed E-state index contributed by atoms with van der Waals surface area (Å²) in [5.41, 5.74) is 4.22. The minimum Gasteiger partial charge on any atom is -0.477 e. The number of hydrogen-bond donors (Lipinski definition) is 0. The van der Waals surface area contributed by atoms with Gasteiger partial charge in [-0.15, -0.1) is 0 Å². The predicted molar refractivity (Wildman–Crippen MR) is 142 cm³/mol. The van der Waals surface area contributed by atoms with Crippen molar-refractivity contribution in [2.75, 3.05) is 13.7 Å². The lowest BCUT2D eigenvalue weighted by molar-refractivity contribution is -0.155. The highest BCUT2D eigenvalue weighted by atomic mass is 16.6. The van der Waals surface area contributed by atoms with E-state index in [-0.39, 0.29) is 45.2 Å². The Bertz CT molecular complexity index is 1250. The maximum Gasteiger partial charge on any atom is 0.343 e. The maximum atomic E-state index is 13.2. The number of methoxy groups -OCH3 is 1. The Labute approximate surface area is 221 Å². The molecular formula is C32H41NO4. The van der Waals surface area contributed by atoms with E-state index in [1.807, 2.05) is 6.92 Å². The number of nitrogens with zero attached hydrogens (tertiary/aromatic N) is 1. The van der Waals surface area contributed by atoms with Gasteiger partial charge in [-0.1, -0.05) is 45.4 Å². The molecule has 5 heteroatoms. The van der Waals surface area contributed by atoms with E-state index in [4.69, 9.17) is 4.74 Å². The number of ketones is 1. The molecule has 0 spiro atoms. The molecule has 6 atom stereocenters. The molecule has 5 aliphatic carbocycles. The largest absolute Gasteiger partial charge is 0.477 e. The molecule has 0 unspecified atom stereocenters. The van der Waals surface area contributed by atoms with Crippen molar-refractivity contribution in [3.05, 3.63) is 46.3 Å². The zero-order valence-corrected chi connectivity index (χ0v) is 23.5. The second-order valence-corrected chi connectivity index (χ2v) is 13.6. The smallest absolute Gasteiger partial charge is 0.343 e. The molecule has 0 aromatic heterocycles.